The fourth-order valence-corrected chi connectivity index (χ4v) is 9.86. The van der Waals surface area contributed by atoms with Crippen molar-refractivity contribution in [2.45, 2.75) is 279 Å². The predicted molar refractivity (Wildman–Crippen MR) is 314 cm³/mol. The lowest BCUT2D eigenvalue weighted by Crippen LogP contribution is -2.66. The van der Waals surface area contributed by atoms with Gasteiger partial charge in [0.2, 0.25) is 5.91 Å². The second-order valence-electron chi connectivity index (χ2n) is 21.8. The Morgan fingerprint density at radius 2 is 0.854 bits per heavy atom. The van der Waals surface area contributed by atoms with Crippen LogP contribution in [0.25, 0.3) is 0 Å². The third-order valence-corrected chi connectivity index (χ3v) is 14.9. The van der Waals surface area contributed by atoms with Crippen LogP contribution in [0.1, 0.15) is 174 Å². The highest BCUT2D eigenvalue weighted by Crippen LogP contribution is 2.33. The summed E-state index contributed by atoms with van der Waals surface area (Å²) in [5.74, 6) is -0.300. The minimum absolute atomic E-state index is 0.222. The second-order valence-corrected chi connectivity index (χ2v) is 21.8. The van der Waals surface area contributed by atoms with E-state index in [-0.39, 0.29) is 18.9 Å². The molecule has 0 aromatic carbocycles. The van der Waals surface area contributed by atoms with Crippen LogP contribution in [0, 0.1) is 0 Å². The molecule has 3 heterocycles. The molecule has 0 aromatic heterocycles. The predicted octanol–water partition coefficient (Wildman–Crippen LogP) is 5.98. The number of carbonyl (C=O) groups is 1. The maximum atomic E-state index is 13.3. The molecule has 1 amide bonds. The molecule has 3 aliphatic heterocycles. The molecule has 19 heteroatoms. The van der Waals surface area contributed by atoms with Crippen LogP contribution in [0.15, 0.2) is 85.1 Å². The van der Waals surface area contributed by atoms with Gasteiger partial charge in [0.05, 0.1) is 38.6 Å². The number of aliphatic hydroxyl groups is 11. The number of aliphatic hydroxyl groups excluding tert-OH is 11. The number of unbranched alkanes of at least 4 members (excludes halogenated alkanes) is 16. The zero-order valence-electron chi connectivity index (χ0n) is 49.2. The molecule has 12 N–H and O–H groups in total. The van der Waals surface area contributed by atoms with Crippen molar-refractivity contribution in [2.75, 3.05) is 26.4 Å². The monoisotopic (exact) mass is 1170 g/mol. The van der Waals surface area contributed by atoms with E-state index < -0.39 is 124 Å². The molecule has 472 valence electrons. The lowest BCUT2D eigenvalue weighted by molar-refractivity contribution is -0.379. The Hall–Kier alpha value is -3.03. The van der Waals surface area contributed by atoms with Gasteiger partial charge in [0, 0.05) is 6.42 Å². The van der Waals surface area contributed by atoms with Crippen LogP contribution in [0.5, 0.6) is 0 Å². The SMILES string of the molecule is CC/C=C\C/C=C\C/C=C\C/C=C\CCCCCCCCCCCCC(=O)NC(COC1OC(CO)C(OC2OC(CO)C(OC3OC(CO)C(O)C(O)C3O)C(O)C2O)C(O)C1O)C(O)/C=C/CC/C=C/CC/C=C/CCCCCC. The Morgan fingerprint density at radius 1 is 0.451 bits per heavy atom. The van der Waals surface area contributed by atoms with Gasteiger partial charge < -0.3 is 89.9 Å². The van der Waals surface area contributed by atoms with Crippen LogP contribution in [-0.4, -0.2) is 193 Å². The first kappa shape index (κ1) is 73.2. The van der Waals surface area contributed by atoms with Crippen molar-refractivity contribution in [2.24, 2.45) is 0 Å². The van der Waals surface area contributed by atoms with E-state index in [1.807, 2.05) is 6.08 Å². The maximum Gasteiger partial charge on any atom is 0.220 e. The van der Waals surface area contributed by atoms with E-state index in [1.54, 1.807) is 6.08 Å². The van der Waals surface area contributed by atoms with Gasteiger partial charge in [-0.1, -0.05) is 170 Å². The number of hydrogen-bond donors (Lipinski definition) is 12. The summed E-state index contributed by atoms with van der Waals surface area (Å²) >= 11 is 0. The van der Waals surface area contributed by atoms with E-state index in [0.717, 1.165) is 83.5 Å². The number of carbonyl (C=O) groups excluding carboxylic acids is 1. The van der Waals surface area contributed by atoms with Crippen molar-refractivity contribution < 1.29 is 89.4 Å². The second kappa shape index (κ2) is 45.3. The summed E-state index contributed by atoms with van der Waals surface area (Å²) < 4.78 is 34.2. The molecule has 0 aromatic rings. The summed E-state index contributed by atoms with van der Waals surface area (Å²) in [6.07, 6.45) is 28.5. The molecule has 0 aliphatic carbocycles. The van der Waals surface area contributed by atoms with Gasteiger partial charge in [0.1, 0.15) is 73.2 Å². The summed E-state index contributed by atoms with van der Waals surface area (Å²) in [5, 5.41) is 120. The Labute approximate surface area is 489 Å². The fraction of sp³-hybridized carbons (Fsp3) is 0.762. The van der Waals surface area contributed by atoms with E-state index in [4.69, 9.17) is 28.4 Å². The molecule has 3 saturated heterocycles. The molecule has 19 nitrogen and oxygen atoms in total. The van der Waals surface area contributed by atoms with Crippen molar-refractivity contribution in [3.05, 3.63) is 85.1 Å². The smallest absolute Gasteiger partial charge is 0.220 e. The molecule has 82 heavy (non-hydrogen) atoms. The van der Waals surface area contributed by atoms with Gasteiger partial charge in [-0.3, -0.25) is 4.79 Å². The molecule has 3 rings (SSSR count). The number of ether oxygens (including phenoxy) is 6. The van der Waals surface area contributed by atoms with Gasteiger partial charge in [-0.05, 0) is 83.5 Å². The Bertz CT molecular complexity index is 1820. The Balaban J connectivity index is 1.48. The first-order valence-electron chi connectivity index (χ1n) is 30.8. The molecule has 17 unspecified atom stereocenters. The molecule has 3 aliphatic rings. The first-order chi connectivity index (χ1) is 39.8. The van der Waals surface area contributed by atoms with Crippen molar-refractivity contribution in [3.8, 4) is 0 Å². The largest absolute Gasteiger partial charge is 0.394 e. The van der Waals surface area contributed by atoms with Crippen molar-refractivity contribution in [3.63, 3.8) is 0 Å². The van der Waals surface area contributed by atoms with Crippen LogP contribution < -0.4 is 5.32 Å². The van der Waals surface area contributed by atoms with Crippen LogP contribution in [0.2, 0.25) is 0 Å². The third kappa shape index (κ3) is 28.4. The molecule has 17 atom stereocenters. The van der Waals surface area contributed by atoms with Crippen LogP contribution in [0.4, 0.5) is 0 Å². The lowest BCUT2D eigenvalue weighted by atomic mass is 9.96. The zero-order valence-corrected chi connectivity index (χ0v) is 49.2. The summed E-state index contributed by atoms with van der Waals surface area (Å²) in [6.45, 7) is 1.53. The number of hydrogen-bond acceptors (Lipinski definition) is 18. The van der Waals surface area contributed by atoms with Crippen LogP contribution in [-0.2, 0) is 33.2 Å². The van der Waals surface area contributed by atoms with Gasteiger partial charge in [0.25, 0.3) is 0 Å². The summed E-state index contributed by atoms with van der Waals surface area (Å²) in [7, 11) is 0. The Kier molecular flexibility index (Phi) is 40.5. The average Bonchev–Trinajstić information content (AvgIpc) is 3.14. The topological polar surface area (TPSA) is 307 Å². The van der Waals surface area contributed by atoms with Crippen molar-refractivity contribution in [1.82, 2.24) is 5.32 Å². The molecular weight excluding hydrogens is 1060 g/mol. The minimum atomic E-state index is -1.99. The van der Waals surface area contributed by atoms with Gasteiger partial charge in [-0.2, -0.15) is 0 Å². The maximum absolute atomic E-state index is 13.3. The number of amides is 1. The molecule has 0 spiro atoms. The molecule has 0 radical (unpaired) electrons. The molecule has 0 bridgehead atoms. The highest BCUT2D eigenvalue weighted by atomic mass is 16.8. The van der Waals surface area contributed by atoms with Gasteiger partial charge in [-0.15, -0.1) is 0 Å². The average molecular weight is 1170 g/mol. The fourth-order valence-electron chi connectivity index (χ4n) is 9.86. The van der Waals surface area contributed by atoms with Crippen LogP contribution in [0.3, 0.4) is 0 Å². The highest BCUT2D eigenvalue weighted by Gasteiger charge is 2.53. The number of nitrogens with one attached hydrogen (secondary N) is 1. The molecule has 0 saturated carbocycles. The van der Waals surface area contributed by atoms with E-state index >= 15 is 0 Å². The summed E-state index contributed by atoms with van der Waals surface area (Å²) in [5.41, 5.74) is 0. The number of rotatable bonds is 44. The summed E-state index contributed by atoms with van der Waals surface area (Å²) in [4.78, 5) is 13.3. The van der Waals surface area contributed by atoms with Crippen molar-refractivity contribution in [1.29, 1.82) is 0 Å². The zero-order chi connectivity index (χ0) is 59.7. The quantitative estimate of drug-likeness (QED) is 0.0247. The van der Waals surface area contributed by atoms with E-state index in [1.165, 1.54) is 57.8 Å². The standard InChI is InChI=1S/C63H107NO18/c1-3-5-7-9-11-13-15-17-19-20-21-22-23-24-25-26-27-29-31-33-35-37-39-41-51(69)64-46(47(68)40-38-36-34-32-30-28-18-16-14-12-10-8-6-4-2)45-77-61-57(75)54(72)59(49(43-66)79-61)82-63-58(76)55(73)60(50(44-67)80-63)81-62-56(74)53(71)52(70)48(42-65)78-62/h5,7,11,13-14,16-17,19,21-22,30,32,38,40,46-50,52-63,65-68,70-76H,3-4,6,8-10,12,15,18,20,23-29,31,33-37,39,41-45H2,1-2H3,(H,64,69)/b7-5-,13-11-,16-14+,19-17-,22-21-,32-30+,40-38+. The minimum Gasteiger partial charge on any atom is -0.394 e. The highest BCUT2D eigenvalue weighted by molar-refractivity contribution is 5.76. The van der Waals surface area contributed by atoms with E-state index in [0.29, 0.717) is 12.8 Å². The number of allylic oxidation sites excluding steroid dienone is 13. The normalized spacial score (nSPS) is 30.2. The van der Waals surface area contributed by atoms with Crippen molar-refractivity contribution >= 4 is 5.91 Å². The Morgan fingerprint density at radius 3 is 1.37 bits per heavy atom. The molecular formula is C63H107NO18. The first-order valence-corrected chi connectivity index (χ1v) is 30.8. The molecule has 3 fully saturated rings. The van der Waals surface area contributed by atoms with E-state index in [2.05, 4.69) is 92.1 Å². The van der Waals surface area contributed by atoms with Gasteiger partial charge in [-0.25, -0.2) is 0 Å². The summed E-state index contributed by atoms with van der Waals surface area (Å²) in [6, 6.07) is -1.00. The lowest BCUT2D eigenvalue weighted by Gasteiger charge is -2.48. The third-order valence-electron chi connectivity index (χ3n) is 14.9. The van der Waals surface area contributed by atoms with Crippen LogP contribution >= 0.6 is 0 Å². The van der Waals surface area contributed by atoms with Gasteiger partial charge in [0.15, 0.2) is 18.9 Å². The van der Waals surface area contributed by atoms with Gasteiger partial charge >= 0.3 is 0 Å². The van der Waals surface area contributed by atoms with E-state index in [9.17, 15) is 61.0 Å².